The van der Waals surface area contributed by atoms with Gasteiger partial charge in [0.2, 0.25) is 29.5 Å². The summed E-state index contributed by atoms with van der Waals surface area (Å²) in [6, 6.07) is -5.79. The molecule has 0 aliphatic heterocycles. The van der Waals surface area contributed by atoms with Gasteiger partial charge in [-0.1, -0.05) is 0 Å². The smallest absolute Gasteiger partial charge is 0.327 e. The first kappa shape index (κ1) is 28.1. The zero-order chi connectivity index (χ0) is 24.3. The van der Waals surface area contributed by atoms with Gasteiger partial charge in [0.15, 0.2) is 0 Å². The van der Waals surface area contributed by atoms with Gasteiger partial charge in [0.05, 0.1) is 18.6 Å². The highest BCUT2D eigenvalue weighted by molar-refractivity contribution is 7.80. The monoisotopic (exact) mass is 464 g/mol. The van der Waals surface area contributed by atoms with Crippen LogP contribution in [0.25, 0.3) is 0 Å². The fourth-order valence-electron chi connectivity index (χ4n) is 2.22. The van der Waals surface area contributed by atoms with Crippen LogP contribution in [-0.4, -0.2) is 81.7 Å². The van der Waals surface area contributed by atoms with Gasteiger partial charge < -0.3 is 43.4 Å². The Balaban J connectivity index is 5.33. The predicted octanol–water partition coefficient (Wildman–Crippen LogP) is -4.70. The molecule has 5 unspecified atom stereocenters. The van der Waals surface area contributed by atoms with Crippen molar-refractivity contribution < 1.29 is 39.0 Å². The summed E-state index contributed by atoms with van der Waals surface area (Å²) in [5.74, 6) is -6.29. The minimum atomic E-state index is -1.62. The Labute approximate surface area is 183 Å². The van der Waals surface area contributed by atoms with Crippen LogP contribution in [0, 0.1) is 0 Å². The lowest BCUT2D eigenvalue weighted by Crippen LogP contribution is -2.60. The van der Waals surface area contributed by atoms with Gasteiger partial charge in [-0.25, -0.2) is 4.79 Å². The van der Waals surface area contributed by atoms with Crippen molar-refractivity contribution in [1.29, 1.82) is 0 Å². The number of hydrogen-bond acceptors (Lipinski definition) is 9. The lowest BCUT2D eigenvalue weighted by Gasteiger charge is -2.26. The van der Waals surface area contributed by atoms with E-state index in [-0.39, 0.29) is 18.6 Å². The van der Waals surface area contributed by atoms with E-state index >= 15 is 0 Å². The Morgan fingerprint density at radius 3 is 1.87 bits per heavy atom. The first-order valence-electron chi connectivity index (χ1n) is 9.05. The zero-order valence-corrected chi connectivity index (χ0v) is 17.6. The third-order valence-corrected chi connectivity index (χ3v) is 4.30. The van der Waals surface area contributed by atoms with Crippen LogP contribution in [0.2, 0.25) is 0 Å². The second-order valence-corrected chi connectivity index (χ2v) is 7.02. The van der Waals surface area contributed by atoms with Gasteiger partial charge in [-0.3, -0.25) is 24.0 Å². The van der Waals surface area contributed by atoms with Crippen LogP contribution < -0.4 is 33.2 Å². The van der Waals surface area contributed by atoms with Gasteiger partial charge in [-0.2, -0.15) is 12.6 Å². The van der Waals surface area contributed by atoms with E-state index in [0.717, 1.165) is 6.92 Å². The lowest BCUT2D eigenvalue weighted by atomic mass is 10.1. The van der Waals surface area contributed by atoms with E-state index < -0.39 is 72.2 Å². The van der Waals surface area contributed by atoms with Gasteiger partial charge in [0.25, 0.3) is 0 Å². The summed E-state index contributed by atoms with van der Waals surface area (Å²) >= 11 is 3.79. The van der Waals surface area contributed by atoms with E-state index in [1.807, 2.05) is 0 Å². The lowest BCUT2D eigenvalue weighted by molar-refractivity contribution is -0.142. The summed E-state index contributed by atoms with van der Waals surface area (Å²) in [5, 5.41) is 25.2. The molecular formula is C16H28N6O8S. The molecule has 0 rings (SSSR count). The van der Waals surface area contributed by atoms with Crippen molar-refractivity contribution in [3.8, 4) is 0 Å². The van der Waals surface area contributed by atoms with Crippen LogP contribution in [0.3, 0.4) is 0 Å². The Bertz CT molecular complexity index is 704. The highest BCUT2D eigenvalue weighted by Crippen LogP contribution is 2.02. The Kier molecular flexibility index (Phi) is 12.1. The number of aliphatic hydroxyl groups excluding tert-OH is 1. The van der Waals surface area contributed by atoms with Crippen LogP contribution in [0.1, 0.15) is 26.2 Å². The van der Waals surface area contributed by atoms with Crippen LogP contribution in [0.4, 0.5) is 0 Å². The van der Waals surface area contributed by atoms with Crippen molar-refractivity contribution in [2.24, 2.45) is 17.2 Å². The third kappa shape index (κ3) is 10.6. The maximum absolute atomic E-state index is 12.5. The molecular weight excluding hydrogens is 436 g/mol. The SMILES string of the molecule is CC(O)C(NC(=O)C(CC(N)=O)NC(=O)C(N)CCC(N)=O)C(=O)NC(CS)C(=O)O. The van der Waals surface area contributed by atoms with E-state index in [1.54, 1.807) is 0 Å². The number of carbonyl (C=O) groups is 6. The number of nitrogens with one attached hydrogen (secondary N) is 3. The zero-order valence-electron chi connectivity index (χ0n) is 16.7. The molecule has 5 atom stereocenters. The number of hydrogen-bond donors (Lipinski definition) is 9. The van der Waals surface area contributed by atoms with Crippen LogP contribution >= 0.6 is 12.6 Å². The van der Waals surface area contributed by atoms with Gasteiger partial charge in [0.1, 0.15) is 18.1 Å². The molecule has 0 aliphatic carbocycles. The normalized spacial score (nSPS) is 15.5. The van der Waals surface area contributed by atoms with E-state index in [2.05, 4.69) is 28.6 Å². The van der Waals surface area contributed by atoms with Gasteiger partial charge >= 0.3 is 5.97 Å². The number of aliphatic hydroxyl groups is 1. The quantitative estimate of drug-likeness (QED) is 0.112. The van der Waals surface area contributed by atoms with Gasteiger partial charge in [-0.05, 0) is 13.3 Å². The number of rotatable bonds is 14. The van der Waals surface area contributed by atoms with E-state index in [1.165, 1.54) is 0 Å². The summed E-state index contributed by atoms with van der Waals surface area (Å²) in [6.07, 6.45) is -2.45. The fraction of sp³-hybridized carbons (Fsp3) is 0.625. The molecule has 31 heavy (non-hydrogen) atoms. The van der Waals surface area contributed by atoms with Crippen LogP contribution in [0.5, 0.6) is 0 Å². The van der Waals surface area contributed by atoms with Crippen molar-refractivity contribution in [2.75, 3.05) is 5.75 Å². The van der Waals surface area contributed by atoms with Crippen molar-refractivity contribution in [3.05, 3.63) is 0 Å². The summed E-state index contributed by atoms with van der Waals surface area (Å²) in [6.45, 7) is 1.16. The van der Waals surface area contributed by atoms with Crippen molar-refractivity contribution in [3.63, 3.8) is 0 Å². The van der Waals surface area contributed by atoms with Crippen molar-refractivity contribution >= 4 is 48.1 Å². The fourth-order valence-corrected chi connectivity index (χ4v) is 2.47. The summed E-state index contributed by atoms with van der Waals surface area (Å²) < 4.78 is 0. The van der Waals surface area contributed by atoms with Crippen LogP contribution in [-0.2, 0) is 28.8 Å². The Hall–Kier alpha value is -2.91. The predicted molar refractivity (Wildman–Crippen MR) is 109 cm³/mol. The molecule has 5 amide bonds. The number of thiol groups is 1. The minimum Gasteiger partial charge on any atom is -0.480 e. The maximum Gasteiger partial charge on any atom is 0.327 e. The molecule has 0 fully saturated rings. The van der Waals surface area contributed by atoms with Gasteiger partial charge in [0, 0.05) is 12.2 Å². The molecule has 0 saturated carbocycles. The molecule has 11 N–H and O–H groups in total. The molecule has 14 nitrogen and oxygen atoms in total. The molecule has 0 saturated heterocycles. The number of nitrogens with two attached hydrogens (primary N) is 3. The topological polar surface area (TPSA) is 257 Å². The number of carbonyl (C=O) groups excluding carboxylic acids is 5. The summed E-state index contributed by atoms with van der Waals surface area (Å²) in [7, 11) is 0. The molecule has 0 bridgehead atoms. The molecule has 176 valence electrons. The maximum atomic E-state index is 12.5. The average molecular weight is 465 g/mol. The van der Waals surface area contributed by atoms with Crippen LogP contribution in [0.15, 0.2) is 0 Å². The first-order chi connectivity index (χ1) is 14.3. The standard InChI is InChI=1S/C16H28N6O8S/c1-6(23)12(15(28)21-9(5-31)16(29)30)22-14(27)8(4-11(19)25)20-13(26)7(17)2-3-10(18)24/h6-9,12,23,31H,2-5,17H2,1H3,(H2,18,24)(H2,19,25)(H,20,26)(H,21,28)(H,22,27)(H,29,30). The van der Waals surface area contributed by atoms with Gasteiger partial charge in [-0.15, -0.1) is 0 Å². The van der Waals surface area contributed by atoms with Crippen molar-refractivity contribution in [2.45, 2.75) is 56.5 Å². The number of carboxylic acid groups (broad SMARTS) is 1. The molecule has 0 radical (unpaired) electrons. The molecule has 0 spiro atoms. The Morgan fingerprint density at radius 1 is 0.903 bits per heavy atom. The number of primary amides is 2. The van der Waals surface area contributed by atoms with Crippen molar-refractivity contribution in [1.82, 2.24) is 16.0 Å². The Morgan fingerprint density at radius 2 is 1.45 bits per heavy atom. The molecule has 0 aromatic carbocycles. The second-order valence-electron chi connectivity index (χ2n) is 6.65. The molecule has 0 aromatic heterocycles. The van der Waals surface area contributed by atoms with E-state index in [4.69, 9.17) is 22.3 Å². The summed E-state index contributed by atoms with van der Waals surface area (Å²) in [4.78, 5) is 70.1. The van der Waals surface area contributed by atoms with E-state index in [0.29, 0.717) is 0 Å². The minimum absolute atomic E-state index is 0.120. The summed E-state index contributed by atoms with van der Waals surface area (Å²) in [5.41, 5.74) is 15.7. The van der Waals surface area contributed by atoms with E-state index in [9.17, 15) is 33.9 Å². The number of carboxylic acids is 1. The second kappa shape index (κ2) is 13.4. The highest BCUT2D eigenvalue weighted by Gasteiger charge is 2.33. The third-order valence-electron chi connectivity index (χ3n) is 3.94. The first-order valence-corrected chi connectivity index (χ1v) is 9.68. The molecule has 0 heterocycles. The molecule has 0 aromatic rings. The number of amides is 5. The highest BCUT2D eigenvalue weighted by atomic mass is 32.1. The molecule has 0 aliphatic rings. The number of aliphatic carboxylic acids is 1. The molecule has 15 heteroatoms. The largest absolute Gasteiger partial charge is 0.480 e. The average Bonchev–Trinajstić information content (AvgIpc) is 2.66.